The van der Waals surface area contributed by atoms with E-state index in [-0.39, 0.29) is 12.1 Å². The lowest BCUT2D eigenvalue weighted by molar-refractivity contribution is 0.1000. The number of nitrogens with two attached hydrogens (primary N) is 1. The van der Waals surface area contributed by atoms with E-state index in [1.165, 1.54) is 0 Å². The summed E-state index contributed by atoms with van der Waals surface area (Å²) in [5.41, 5.74) is 6.75. The molecule has 1 aromatic rings. The topological polar surface area (TPSA) is 75.4 Å². The Morgan fingerprint density at radius 3 is 2.67 bits per heavy atom. The number of hydrogen-bond donors (Lipinski definition) is 2. The number of hydrogen-bond acceptors (Lipinski definition) is 2. The van der Waals surface area contributed by atoms with Crippen LogP contribution in [-0.4, -0.2) is 35.5 Å². The molecule has 0 spiro atoms. The van der Waals surface area contributed by atoms with Crippen LogP contribution < -0.4 is 11.1 Å². The molecule has 1 fully saturated rings. The van der Waals surface area contributed by atoms with Gasteiger partial charge in [0, 0.05) is 24.2 Å². The van der Waals surface area contributed by atoms with Gasteiger partial charge < -0.3 is 16.0 Å². The molecule has 5 heteroatoms. The Kier molecular flexibility index (Phi) is 4.83. The molecule has 1 aliphatic rings. The van der Waals surface area contributed by atoms with Crippen molar-refractivity contribution in [2.75, 3.05) is 6.54 Å². The van der Waals surface area contributed by atoms with Gasteiger partial charge in [0.15, 0.2) is 0 Å². The predicted molar refractivity (Wildman–Crippen MR) is 82.1 cm³/mol. The van der Waals surface area contributed by atoms with E-state index < -0.39 is 5.91 Å². The lowest BCUT2D eigenvalue weighted by Gasteiger charge is -2.26. The number of nitrogens with zero attached hydrogens (tertiary/aromatic N) is 1. The van der Waals surface area contributed by atoms with E-state index in [1.807, 2.05) is 30.9 Å². The van der Waals surface area contributed by atoms with Gasteiger partial charge >= 0.3 is 6.03 Å². The molecule has 3 amide bonds. The summed E-state index contributed by atoms with van der Waals surface area (Å²) in [5.74, 6) is -0.430. The highest BCUT2D eigenvalue weighted by molar-refractivity contribution is 5.92. The van der Waals surface area contributed by atoms with Gasteiger partial charge in [0.05, 0.1) is 0 Å². The van der Waals surface area contributed by atoms with Gasteiger partial charge in [0.2, 0.25) is 5.91 Å². The SMILES string of the molecule is CC(C)N(C(=O)NCCc1cccc(C(N)=O)c1)C1CC1. The van der Waals surface area contributed by atoms with Crippen LogP contribution in [0.25, 0.3) is 0 Å². The van der Waals surface area contributed by atoms with Gasteiger partial charge in [-0.25, -0.2) is 4.79 Å². The first kappa shape index (κ1) is 15.4. The smallest absolute Gasteiger partial charge is 0.317 e. The molecule has 21 heavy (non-hydrogen) atoms. The molecule has 0 saturated heterocycles. The van der Waals surface area contributed by atoms with Crippen LogP contribution in [0.5, 0.6) is 0 Å². The molecule has 0 radical (unpaired) electrons. The maximum atomic E-state index is 12.2. The lowest BCUT2D eigenvalue weighted by Crippen LogP contribution is -2.45. The van der Waals surface area contributed by atoms with E-state index >= 15 is 0 Å². The third-order valence-corrected chi connectivity index (χ3v) is 3.63. The van der Waals surface area contributed by atoms with Gasteiger partial charge in [0.1, 0.15) is 0 Å². The van der Waals surface area contributed by atoms with E-state index in [9.17, 15) is 9.59 Å². The van der Waals surface area contributed by atoms with Crippen LogP contribution in [0.4, 0.5) is 4.79 Å². The molecule has 0 unspecified atom stereocenters. The summed E-state index contributed by atoms with van der Waals surface area (Å²) in [6.45, 7) is 4.62. The fraction of sp³-hybridized carbons (Fsp3) is 0.500. The van der Waals surface area contributed by atoms with Gasteiger partial charge in [-0.05, 0) is 50.8 Å². The average molecular weight is 289 g/mol. The zero-order valence-electron chi connectivity index (χ0n) is 12.6. The van der Waals surface area contributed by atoms with Crippen molar-refractivity contribution in [1.29, 1.82) is 0 Å². The maximum Gasteiger partial charge on any atom is 0.317 e. The molecular weight excluding hydrogens is 266 g/mol. The van der Waals surface area contributed by atoms with Crippen LogP contribution in [0, 0.1) is 0 Å². The third-order valence-electron chi connectivity index (χ3n) is 3.63. The second kappa shape index (κ2) is 6.61. The van der Waals surface area contributed by atoms with Crippen LogP contribution in [-0.2, 0) is 6.42 Å². The first-order valence-electron chi connectivity index (χ1n) is 7.44. The van der Waals surface area contributed by atoms with Crippen molar-refractivity contribution in [3.8, 4) is 0 Å². The molecule has 0 aromatic heterocycles. The normalized spacial score (nSPS) is 14.0. The number of nitrogens with one attached hydrogen (secondary N) is 1. The van der Waals surface area contributed by atoms with Crippen molar-refractivity contribution in [3.05, 3.63) is 35.4 Å². The van der Waals surface area contributed by atoms with Crippen LogP contribution in [0.2, 0.25) is 0 Å². The van der Waals surface area contributed by atoms with Crippen molar-refractivity contribution >= 4 is 11.9 Å². The Bertz CT molecular complexity index is 522. The summed E-state index contributed by atoms with van der Waals surface area (Å²) >= 11 is 0. The Labute approximate surface area is 125 Å². The minimum Gasteiger partial charge on any atom is -0.366 e. The molecule has 1 saturated carbocycles. The Morgan fingerprint density at radius 1 is 1.38 bits per heavy atom. The summed E-state index contributed by atoms with van der Waals surface area (Å²) in [5, 5.41) is 2.95. The van der Waals surface area contributed by atoms with Crippen molar-refractivity contribution in [2.45, 2.75) is 45.2 Å². The monoisotopic (exact) mass is 289 g/mol. The summed E-state index contributed by atoms with van der Waals surface area (Å²) in [6, 6.07) is 7.83. The fourth-order valence-corrected chi connectivity index (χ4v) is 2.46. The van der Waals surface area contributed by atoms with Gasteiger partial charge in [-0.15, -0.1) is 0 Å². The van der Waals surface area contributed by atoms with Crippen molar-refractivity contribution in [3.63, 3.8) is 0 Å². The quantitative estimate of drug-likeness (QED) is 0.839. The van der Waals surface area contributed by atoms with Crippen LogP contribution in [0.1, 0.15) is 42.6 Å². The number of rotatable bonds is 6. The number of benzene rings is 1. The predicted octanol–water partition coefficient (Wildman–Crippen LogP) is 1.91. The van der Waals surface area contributed by atoms with E-state index in [2.05, 4.69) is 5.32 Å². The first-order valence-corrected chi connectivity index (χ1v) is 7.44. The van der Waals surface area contributed by atoms with Gasteiger partial charge in [-0.2, -0.15) is 0 Å². The molecule has 0 atom stereocenters. The van der Waals surface area contributed by atoms with Gasteiger partial charge in [-0.3, -0.25) is 4.79 Å². The maximum absolute atomic E-state index is 12.2. The zero-order valence-corrected chi connectivity index (χ0v) is 12.6. The summed E-state index contributed by atoms with van der Waals surface area (Å²) < 4.78 is 0. The number of amides is 3. The van der Waals surface area contributed by atoms with E-state index in [0.29, 0.717) is 24.6 Å². The average Bonchev–Trinajstić information content (AvgIpc) is 3.23. The fourth-order valence-electron chi connectivity index (χ4n) is 2.46. The summed E-state index contributed by atoms with van der Waals surface area (Å²) in [7, 11) is 0. The lowest BCUT2D eigenvalue weighted by atomic mass is 10.1. The van der Waals surface area contributed by atoms with Crippen LogP contribution in [0.15, 0.2) is 24.3 Å². The van der Waals surface area contributed by atoms with E-state index in [1.54, 1.807) is 12.1 Å². The largest absolute Gasteiger partial charge is 0.366 e. The van der Waals surface area contributed by atoms with Crippen LogP contribution in [0.3, 0.4) is 0 Å². The second-order valence-corrected chi connectivity index (χ2v) is 5.78. The Balaban J connectivity index is 1.84. The van der Waals surface area contributed by atoms with E-state index in [0.717, 1.165) is 18.4 Å². The minimum absolute atomic E-state index is 0.00134. The highest BCUT2D eigenvalue weighted by Gasteiger charge is 2.33. The molecule has 1 aromatic carbocycles. The molecule has 3 N–H and O–H groups in total. The van der Waals surface area contributed by atoms with E-state index in [4.69, 9.17) is 5.73 Å². The molecule has 2 rings (SSSR count). The number of primary amides is 1. The molecule has 0 bridgehead atoms. The first-order chi connectivity index (χ1) is 9.99. The van der Waals surface area contributed by atoms with Gasteiger partial charge in [-0.1, -0.05) is 12.1 Å². The summed E-state index contributed by atoms with van der Waals surface area (Å²) in [6.07, 6.45) is 2.89. The number of urea groups is 1. The molecule has 5 nitrogen and oxygen atoms in total. The number of carbonyl (C=O) groups excluding carboxylic acids is 2. The highest BCUT2D eigenvalue weighted by Crippen LogP contribution is 2.28. The second-order valence-electron chi connectivity index (χ2n) is 5.78. The standard InChI is InChI=1S/C16H23N3O2/c1-11(2)19(14-6-7-14)16(21)18-9-8-12-4-3-5-13(10-12)15(17)20/h3-5,10-11,14H,6-9H2,1-2H3,(H2,17,20)(H,18,21). The van der Waals surface area contributed by atoms with Crippen LogP contribution >= 0.6 is 0 Å². The Morgan fingerprint density at radius 2 is 2.10 bits per heavy atom. The zero-order chi connectivity index (χ0) is 15.4. The van der Waals surface area contributed by atoms with Crippen molar-refractivity contribution in [2.24, 2.45) is 5.73 Å². The molecule has 0 aliphatic heterocycles. The minimum atomic E-state index is -0.430. The third kappa shape index (κ3) is 4.21. The molecule has 114 valence electrons. The van der Waals surface area contributed by atoms with Gasteiger partial charge in [0.25, 0.3) is 0 Å². The highest BCUT2D eigenvalue weighted by atomic mass is 16.2. The van der Waals surface area contributed by atoms with Crippen molar-refractivity contribution < 1.29 is 9.59 Å². The Hall–Kier alpha value is -2.04. The van der Waals surface area contributed by atoms with Crippen molar-refractivity contribution in [1.82, 2.24) is 10.2 Å². The molecular formula is C16H23N3O2. The molecule has 1 aliphatic carbocycles. The molecule has 0 heterocycles. The summed E-state index contributed by atoms with van der Waals surface area (Å²) in [4.78, 5) is 25.2. The number of carbonyl (C=O) groups is 2.